The summed E-state index contributed by atoms with van der Waals surface area (Å²) >= 11 is 5.26. The number of aromatic nitrogens is 4. The molecular formula is C17H17F3N6S. The smallest absolute Gasteiger partial charge is 0.330 e. The van der Waals surface area contributed by atoms with Gasteiger partial charge in [-0.2, -0.15) is 23.4 Å². The Morgan fingerprint density at radius 3 is 2.63 bits per heavy atom. The third-order valence-electron chi connectivity index (χ3n) is 3.97. The van der Waals surface area contributed by atoms with Crippen LogP contribution in [0.5, 0.6) is 0 Å². The molecule has 0 aliphatic heterocycles. The molecule has 142 valence electrons. The van der Waals surface area contributed by atoms with E-state index < -0.39 is 11.7 Å². The summed E-state index contributed by atoms with van der Waals surface area (Å²) in [4.78, 5) is 0. The number of hydrogen-bond acceptors (Lipinski definition) is 3. The van der Waals surface area contributed by atoms with Gasteiger partial charge >= 0.3 is 6.18 Å². The zero-order valence-electron chi connectivity index (χ0n) is 14.6. The van der Waals surface area contributed by atoms with Crippen molar-refractivity contribution in [3.8, 4) is 0 Å². The van der Waals surface area contributed by atoms with Crippen LogP contribution in [0.4, 0.5) is 24.5 Å². The number of nitrogens with one attached hydrogen (secondary N) is 2. The van der Waals surface area contributed by atoms with Crippen molar-refractivity contribution >= 4 is 28.7 Å². The molecule has 0 radical (unpaired) electrons. The van der Waals surface area contributed by atoms with E-state index in [2.05, 4.69) is 20.8 Å². The Balaban J connectivity index is 1.63. The molecule has 0 fully saturated rings. The Morgan fingerprint density at radius 2 is 1.96 bits per heavy atom. The SMILES string of the molecule is Cc1c(NC(=S)Nc2cnn(Cc3cccc(C(F)(F)F)c3)c2)cnn1C. The van der Waals surface area contributed by atoms with Crippen LogP contribution in [0.25, 0.3) is 0 Å². The first-order chi connectivity index (χ1) is 12.7. The zero-order chi connectivity index (χ0) is 19.6. The van der Waals surface area contributed by atoms with E-state index in [0.29, 0.717) is 16.4 Å². The van der Waals surface area contributed by atoms with E-state index in [0.717, 1.165) is 23.5 Å². The Bertz CT molecular complexity index is 960. The molecule has 0 aliphatic carbocycles. The maximum Gasteiger partial charge on any atom is 0.416 e. The summed E-state index contributed by atoms with van der Waals surface area (Å²) in [6.45, 7) is 2.12. The summed E-state index contributed by atoms with van der Waals surface area (Å²) in [5.41, 5.74) is 2.17. The zero-order valence-corrected chi connectivity index (χ0v) is 15.4. The number of hydrogen-bond donors (Lipinski definition) is 2. The van der Waals surface area contributed by atoms with E-state index in [9.17, 15) is 13.2 Å². The van der Waals surface area contributed by atoms with E-state index in [-0.39, 0.29) is 6.54 Å². The summed E-state index contributed by atoms with van der Waals surface area (Å²) in [6.07, 6.45) is 0.525. The van der Waals surface area contributed by atoms with Crippen LogP contribution < -0.4 is 10.6 Å². The van der Waals surface area contributed by atoms with E-state index in [4.69, 9.17) is 12.2 Å². The van der Waals surface area contributed by atoms with Crippen LogP contribution in [-0.4, -0.2) is 24.7 Å². The van der Waals surface area contributed by atoms with E-state index >= 15 is 0 Å². The van der Waals surface area contributed by atoms with Gasteiger partial charge in [0.15, 0.2) is 5.11 Å². The lowest BCUT2D eigenvalue weighted by Crippen LogP contribution is -2.19. The lowest BCUT2D eigenvalue weighted by atomic mass is 10.1. The predicted molar refractivity (Wildman–Crippen MR) is 101 cm³/mol. The highest BCUT2D eigenvalue weighted by Crippen LogP contribution is 2.29. The predicted octanol–water partition coefficient (Wildman–Crippen LogP) is 3.80. The average Bonchev–Trinajstić information content (AvgIpc) is 3.15. The van der Waals surface area contributed by atoms with Crippen molar-refractivity contribution in [3.05, 3.63) is 59.7 Å². The minimum Gasteiger partial charge on any atom is -0.330 e. The lowest BCUT2D eigenvalue weighted by molar-refractivity contribution is -0.137. The van der Waals surface area contributed by atoms with Crippen molar-refractivity contribution < 1.29 is 13.2 Å². The first-order valence-electron chi connectivity index (χ1n) is 7.97. The van der Waals surface area contributed by atoms with Crippen LogP contribution in [0.1, 0.15) is 16.8 Å². The molecule has 3 aromatic rings. The van der Waals surface area contributed by atoms with Gasteiger partial charge in [-0.05, 0) is 36.8 Å². The summed E-state index contributed by atoms with van der Waals surface area (Å²) in [5, 5.41) is 14.7. The van der Waals surface area contributed by atoms with Gasteiger partial charge in [-0.25, -0.2) is 0 Å². The molecule has 10 heteroatoms. The number of halogens is 3. The standard InChI is InChI=1S/C17H17F3N6S/c1-11-15(8-21-25(11)2)24-16(27)23-14-7-22-26(10-14)9-12-4-3-5-13(6-12)17(18,19)20/h3-8,10H,9H2,1-2H3,(H2,23,24,27). The Kier molecular flexibility index (Phi) is 5.17. The summed E-state index contributed by atoms with van der Waals surface area (Å²) < 4.78 is 41.7. The maximum absolute atomic E-state index is 12.8. The molecule has 2 N–H and O–H groups in total. The van der Waals surface area contributed by atoms with Gasteiger partial charge in [0.2, 0.25) is 0 Å². The van der Waals surface area contributed by atoms with Crippen molar-refractivity contribution in [2.75, 3.05) is 10.6 Å². The molecule has 0 atom stereocenters. The van der Waals surface area contributed by atoms with Gasteiger partial charge in [0.1, 0.15) is 0 Å². The number of thiocarbonyl (C=S) groups is 1. The van der Waals surface area contributed by atoms with Crippen LogP contribution in [0.2, 0.25) is 0 Å². The molecule has 0 saturated carbocycles. The van der Waals surface area contributed by atoms with Gasteiger partial charge < -0.3 is 10.6 Å². The first-order valence-corrected chi connectivity index (χ1v) is 8.38. The van der Waals surface area contributed by atoms with Gasteiger partial charge in [-0.3, -0.25) is 9.36 Å². The highest BCUT2D eigenvalue weighted by Gasteiger charge is 2.30. The fourth-order valence-corrected chi connectivity index (χ4v) is 2.68. The molecule has 1 aromatic carbocycles. The third kappa shape index (κ3) is 4.64. The summed E-state index contributed by atoms with van der Waals surface area (Å²) in [7, 11) is 1.83. The van der Waals surface area contributed by atoms with E-state index in [1.807, 2.05) is 14.0 Å². The monoisotopic (exact) mass is 394 g/mol. The highest BCUT2D eigenvalue weighted by molar-refractivity contribution is 7.80. The molecule has 6 nitrogen and oxygen atoms in total. The highest BCUT2D eigenvalue weighted by atomic mass is 32.1. The van der Waals surface area contributed by atoms with E-state index in [1.165, 1.54) is 10.7 Å². The molecule has 3 rings (SSSR count). The van der Waals surface area contributed by atoms with Gasteiger partial charge in [-0.1, -0.05) is 12.1 Å². The number of nitrogens with zero attached hydrogens (tertiary/aromatic N) is 4. The quantitative estimate of drug-likeness (QED) is 0.659. The van der Waals surface area contributed by atoms with Crippen molar-refractivity contribution in [1.29, 1.82) is 0 Å². The van der Waals surface area contributed by atoms with Gasteiger partial charge in [0.05, 0.1) is 41.6 Å². The Morgan fingerprint density at radius 1 is 1.19 bits per heavy atom. The number of benzene rings is 1. The number of rotatable bonds is 4. The van der Waals surface area contributed by atoms with Crippen LogP contribution >= 0.6 is 12.2 Å². The van der Waals surface area contributed by atoms with Crippen molar-refractivity contribution in [2.24, 2.45) is 7.05 Å². The van der Waals surface area contributed by atoms with Crippen LogP contribution in [-0.2, 0) is 19.8 Å². The van der Waals surface area contributed by atoms with Gasteiger partial charge in [0.25, 0.3) is 0 Å². The molecule has 0 saturated heterocycles. The molecular weight excluding hydrogens is 377 g/mol. The average molecular weight is 394 g/mol. The molecule has 0 bridgehead atoms. The van der Waals surface area contributed by atoms with Crippen LogP contribution in [0, 0.1) is 6.92 Å². The summed E-state index contributed by atoms with van der Waals surface area (Å²) in [6, 6.07) is 5.17. The lowest BCUT2D eigenvalue weighted by Gasteiger charge is -2.09. The van der Waals surface area contributed by atoms with E-state index in [1.54, 1.807) is 29.3 Å². The Labute approximate surface area is 159 Å². The van der Waals surface area contributed by atoms with Gasteiger partial charge in [-0.15, -0.1) is 0 Å². The maximum atomic E-state index is 12.8. The van der Waals surface area contributed by atoms with Crippen molar-refractivity contribution in [2.45, 2.75) is 19.6 Å². The second-order valence-electron chi connectivity index (χ2n) is 5.97. The second kappa shape index (κ2) is 7.39. The fraction of sp³-hybridized carbons (Fsp3) is 0.235. The molecule has 0 amide bonds. The largest absolute Gasteiger partial charge is 0.416 e. The second-order valence-corrected chi connectivity index (χ2v) is 6.38. The molecule has 2 aromatic heterocycles. The fourth-order valence-electron chi connectivity index (χ4n) is 2.45. The molecule has 0 unspecified atom stereocenters. The third-order valence-corrected chi connectivity index (χ3v) is 4.18. The first kappa shape index (κ1) is 18.9. The summed E-state index contributed by atoms with van der Waals surface area (Å²) in [5.74, 6) is 0. The Hall–Kier alpha value is -2.88. The number of alkyl halides is 3. The minimum absolute atomic E-state index is 0.216. The molecule has 0 aliphatic rings. The van der Waals surface area contributed by atoms with Crippen molar-refractivity contribution in [1.82, 2.24) is 19.6 Å². The number of aryl methyl sites for hydroxylation is 1. The molecule has 2 heterocycles. The van der Waals surface area contributed by atoms with Crippen LogP contribution in [0.15, 0.2) is 42.9 Å². The molecule has 0 spiro atoms. The normalized spacial score (nSPS) is 11.4. The van der Waals surface area contributed by atoms with Gasteiger partial charge in [0, 0.05) is 13.2 Å². The molecule has 27 heavy (non-hydrogen) atoms. The van der Waals surface area contributed by atoms with Crippen molar-refractivity contribution in [3.63, 3.8) is 0 Å². The number of anilines is 2. The minimum atomic E-state index is -4.37. The topological polar surface area (TPSA) is 59.7 Å². The van der Waals surface area contributed by atoms with Crippen LogP contribution in [0.3, 0.4) is 0 Å².